The number of ether oxygens (including phenoxy) is 1. The molecule has 3 rings (SSSR count). The van der Waals surface area contributed by atoms with Gasteiger partial charge in [0.15, 0.2) is 5.65 Å². The van der Waals surface area contributed by atoms with E-state index in [1.165, 1.54) is 13.1 Å². The number of aromatic nitrogens is 5. The Labute approximate surface area is 159 Å². The van der Waals surface area contributed by atoms with Gasteiger partial charge in [0.2, 0.25) is 0 Å². The van der Waals surface area contributed by atoms with Crippen LogP contribution in [0.15, 0.2) is 12.3 Å². The molecule has 0 saturated heterocycles. The molecule has 7 nitrogen and oxygen atoms in total. The number of pyridine rings is 1. The minimum atomic E-state index is -4.60. The van der Waals surface area contributed by atoms with Crippen molar-refractivity contribution in [1.29, 1.82) is 0 Å². The molecule has 0 bridgehead atoms. The van der Waals surface area contributed by atoms with Crippen molar-refractivity contribution in [2.45, 2.75) is 47.0 Å². The number of alkyl halides is 3. The molecule has 0 saturated carbocycles. The molecule has 0 amide bonds. The molecule has 0 radical (unpaired) electrons. The van der Waals surface area contributed by atoms with Gasteiger partial charge >= 0.3 is 12.1 Å². The molecule has 0 aliphatic heterocycles. The summed E-state index contributed by atoms with van der Waals surface area (Å²) in [5, 5.41) is 8.15. The van der Waals surface area contributed by atoms with Gasteiger partial charge in [0, 0.05) is 17.8 Å². The Kier molecular flexibility index (Phi) is 5.14. The first kappa shape index (κ1) is 19.8. The van der Waals surface area contributed by atoms with Crippen molar-refractivity contribution in [1.82, 2.24) is 24.5 Å². The number of nitrogens with zero attached hydrogens (tertiary/aromatic N) is 5. The predicted octanol–water partition coefficient (Wildman–Crippen LogP) is 3.51. The zero-order valence-electron chi connectivity index (χ0n) is 16.0. The molecular weight excluding hydrogens is 375 g/mol. The monoisotopic (exact) mass is 395 g/mol. The highest BCUT2D eigenvalue weighted by Gasteiger charge is 2.36. The van der Waals surface area contributed by atoms with E-state index in [1.54, 1.807) is 18.5 Å². The summed E-state index contributed by atoms with van der Waals surface area (Å²) in [6.07, 6.45) is -3.11. The SMILES string of the molecule is CCOC(=O)Cn1nc(C)c2c(C(F)(F)F)cc(-c3cnn(CC)c3C)nc21. The molecule has 3 aromatic heterocycles. The highest BCUT2D eigenvalue weighted by atomic mass is 19.4. The van der Waals surface area contributed by atoms with Crippen LogP contribution >= 0.6 is 0 Å². The van der Waals surface area contributed by atoms with Gasteiger partial charge in [-0.25, -0.2) is 9.67 Å². The van der Waals surface area contributed by atoms with E-state index in [9.17, 15) is 18.0 Å². The van der Waals surface area contributed by atoms with E-state index in [1.807, 2.05) is 6.92 Å². The average Bonchev–Trinajstić information content (AvgIpc) is 3.13. The van der Waals surface area contributed by atoms with Crippen molar-refractivity contribution in [3.63, 3.8) is 0 Å². The van der Waals surface area contributed by atoms with Gasteiger partial charge in [-0.2, -0.15) is 23.4 Å². The van der Waals surface area contributed by atoms with Crippen molar-refractivity contribution >= 4 is 17.0 Å². The van der Waals surface area contributed by atoms with Crippen molar-refractivity contribution < 1.29 is 22.7 Å². The fourth-order valence-corrected chi connectivity index (χ4v) is 3.17. The molecule has 0 aromatic carbocycles. The summed E-state index contributed by atoms with van der Waals surface area (Å²) >= 11 is 0. The predicted molar refractivity (Wildman–Crippen MR) is 95.5 cm³/mol. The van der Waals surface area contributed by atoms with Crippen LogP contribution in [-0.2, 0) is 28.8 Å². The molecule has 0 fully saturated rings. The first-order valence-corrected chi connectivity index (χ1v) is 8.81. The lowest BCUT2D eigenvalue weighted by atomic mass is 10.1. The van der Waals surface area contributed by atoms with Crippen LogP contribution in [0.2, 0.25) is 0 Å². The summed E-state index contributed by atoms with van der Waals surface area (Å²) in [5.41, 5.74) is 0.614. The fourth-order valence-electron chi connectivity index (χ4n) is 3.17. The van der Waals surface area contributed by atoms with E-state index in [0.29, 0.717) is 17.8 Å². The van der Waals surface area contributed by atoms with Gasteiger partial charge in [-0.15, -0.1) is 0 Å². The van der Waals surface area contributed by atoms with Gasteiger partial charge in [0.05, 0.1) is 35.1 Å². The second-order valence-corrected chi connectivity index (χ2v) is 6.26. The fraction of sp³-hybridized carbons (Fsp3) is 0.444. The Morgan fingerprint density at radius 3 is 2.50 bits per heavy atom. The van der Waals surface area contributed by atoms with Crippen molar-refractivity contribution in [2.75, 3.05) is 6.61 Å². The summed E-state index contributed by atoms with van der Waals surface area (Å²) < 4.78 is 49.1. The van der Waals surface area contributed by atoms with Crippen molar-refractivity contribution in [3.8, 4) is 11.3 Å². The van der Waals surface area contributed by atoms with Crippen LogP contribution in [0.5, 0.6) is 0 Å². The Morgan fingerprint density at radius 2 is 1.93 bits per heavy atom. The van der Waals surface area contributed by atoms with Crippen LogP contribution in [0.3, 0.4) is 0 Å². The highest BCUT2D eigenvalue weighted by Crippen LogP contribution is 2.38. The van der Waals surface area contributed by atoms with Crippen LogP contribution in [0.25, 0.3) is 22.3 Å². The quantitative estimate of drug-likeness (QED) is 0.618. The number of carbonyl (C=O) groups is 1. The standard InChI is InChI=1S/C18H20F3N5O2/c1-5-25-11(4)12(8-22-25)14-7-13(18(19,20)21)16-10(3)24-26(17(16)23-14)9-15(27)28-6-2/h7-8H,5-6,9H2,1-4H3. The smallest absolute Gasteiger partial charge is 0.417 e. The normalized spacial score (nSPS) is 12.0. The number of esters is 1. The molecule has 28 heavy (non-hydrogen) atoms. The summed E-state index contributed by atoms with van der Waals surface area (Å²) in [6, 6.07) is 1.01. The third-order valence-corrected chi connectivity index (χ3v) is 4.45. The molecule has 3 aromatic rings. The Hall–Kier alpha value is -2.91. The maximum atomic E-state index is 13.8. The third kappa shape index (κ3) is 3.46. The minimum Gasteiger partial charge on any atom is -0.465 e. The zero-order chi connectivity index (χ0) is 20.6. The zero-order valence-corrected chi connectivity index (χ0v) is 16.0. The lowest BCUT2D eigenvalue weighted by Gasteiger charge is -2.11. The molecular formula is C18H20F3N5O2. The lowest BCUT2D eigenvalue weighted by Crippen LogP contribution is -2.15. The summed E-state index contributed by atoms with van der Waals surface area (Å²) in [5.74, 6) is -0.595. The van der Waals surface area contributed by atoms with E-state index >= 15 is 0 Å². The summed E-state index contributed by atoms with van der Waals surface area (Å²) in [6.45, 7) is 7.20. The van der Waals surface area contributed by atoms with E-state index < -0.39 is 17.7 Å². The van der Waals surface area contributed by atoms with Crippen LogP contribution in [0.4, 0.5) is 13.2 Å². The molecule has 0 unspecified atom stereocenters. The Balaban J connectivity index is 2.26. The summed E-state index contributed by atoms with van der Waals surface area (Å²) in [4.78, 5) is 16.3. The lowest BCUT2D eigenvalue weighted by molar-refractivity contribution is -0.144. The number of rotatable bonds is 5. The van der Waals surface area contributed by atoms with Crippen molar-refractivity contribution in [2.24, 2.45) is 0 Å². The average molecular weight is 395 g/mol. The highest BCUT2D eigenvalue weighted by molar-refractivity contribution is 5.86. The third-order valence-electron chi connectivity index (χ3n) is 4.45. The van der Waals surface area contributed by atoms with E-state index in [0.717, 1.165) is 10.7 Å². The van der Waals surface area contributed by atoms with Crippen LogP contribution in [0, 0.1) is 13.8 Å². The molecule has 150 valence electrons. The number of aryl methyl sites for hydroxylation is 2. The largest absolute Gasteiger partial charge is 0.465 e. The second kappa shape index (κ2) is 7.25. The van der Waals surface area contributed by atoms with Crippen LogP contribution in [0.1, 0.15) is 30.8 Å². The minimum absolute atomic E-state index is 0.0148. The molecule has 0 spiro atoms. The van der Waals surface area contributed by atoms with Gasteiger partial charge in [-0.1, -0.05) is 0 Å². The molecule has 10 heteroatoms. The van der Waals surface area contributed by atoms with Gasteiger partial charge in [0.1, 0.15) is 6.54 Å². The Morgan fingerprint density at radius 1 is 1.21 bits per heavy atom. The maximum absolute atomic E-state index is 13.8. The maximum Gasteiger partial charge on any atom is 0.417 e. The molecule has 3 heterocycles. The number of hydrogen-bond donors (Lipinski definition) is 0. The van der Waals surface area contributed by atoms with Gasteiger partial charge in [-0.3, -0.25) is 9.48 Å². The Bertz CT molecular complexity index is 1040. The van der Waals surface area contributed by atoms with Gasteiger partial charge in [0.25, 0.3) is 0 Å². The first-order chi connectivity index (χ1) is 13.2. The number of fused-ring (bicyclic) bond motifs is 1. The van der Waals surface area contributed by atoms with E-state index in [-0.39, 0.29) is 35.6 Å². The number of hydrogen-bond acceptors (Lipinski definition) is 5. The molecule has 0 aliphatic carbocycles. The molecule has 0 aliphatic rings. The van der Waals surface area contributed by atoms with Crippen LogP contribution in [-0.4, -0.2) is 37.1 Å². The number of halogens is 3. The van der Waals surface area contributed by atoms with Gasteiger partial charge in [-0.05, 0) is 33.8 Å². The van der Waals surface area contributed by atoms with E-state index in [4.69, 9.17) is 4.74 Å². The molecule has 0 N–H and O–H groups in total. The first-order valence-electron chi connectivity index (χ1n) is 8.81. The topological polar surface area (TPSA) is 74.8 Å². The molecule has 0 atom stereocenters. The summed E-state index contributed by atoms with van der Waals surface area (Å²) in [7, 11) is 0. The number of carbonyl (C=O) groups excluding carboxylic acids is 1. The van der Waals surface area contributed by atoms with Crippen LogP contribution < -0.4 is 0 Å². The van der Waals surface area contributed by atoms with E-state index in [2.05, 4.69) is 15.2 Å². The van der Waals surface area contributed by atoms with Crippen molar-refractivity contribution in [3.05, 3.63) is 29.2 Å². The second-order valence-electron chi connectivity index (χ2n) is 6.26. The van der Waals surface area contributed by atoms with Gasteiger partial charge < -0.3 is 4.74 Å².